The smallest absolute Gasteiger partial charge is 0.307 e. The van der Waals surface area contributed by atoms with E-state index in [0.717, 1.165) is 28.3 Å². The van der Waals surface area contributed by atoms with Gasteiger partial charge in [-0.25, -0.2) is 0 Å². The fourth-order valence-corrected chi connectivity index (χ4v) is 2.55. The molecule has 0 aliphatic rings. The second-order valence-electron chi connectivity index (χ2n) is 5.14. The molecule has 2 aromatic rings. The van der Waals surface area contributed by atoms with E-state index in [-0.39, 0.29) is 6.42 Å². The minimum Gasteiger partial charge on any atom is -0.481 e. The molecule has 0 fully saturated rings. The average molecular weight is 304 g/mol. The molecule has 0 bridgehead atoms. The van der Waals surface area contributed by atoms with Crippen LogP contribution in [0.5, 0.6) is 0 Å². The van der Waals surface area contributed by atoms with Gasteiger partial charge in [0.15, 0.2) is 0 Å². The van der Waals surface area contributed by atoms with Crippen molar-refractivity contribution in [3.63, 3.8) is 0 Å². The minimum atomic E-state index is -0.806. The van der Waals surface area contributed by atoms with Gasteiger partial charge in [-0.15, -0.1) is 0 Å². The Bertz CT molecular complexity index is 628. The van der Waals surface area contributed by atoms with E-state index in [1.54, 1.807) is 0 Å². The van der Waals surface area contributed by atoms with Crippen LogP contribution < -0.4 is 0 Å². The number of carbonyl (C=O) groups is 1. The second-order valence-corrected chi connectivity index (χ2v) is 5.58. The molecule has 0 aliphatic carbocycles. The van der Waals surface area contributed by atoms with Gasteiger partial charge in [0.05, 0.1) is 6.42 Å². The van der Waals surface area contributed by atoms with Crippen molar-refractivity contribution in [3.05, 3.63) is 70.2 Å². The van der Waals surface area contributed by atoms with E-state index in [0.29, 0.717) is 6.54 Å². The summed E-state index contributed by atoms with van der Waals surface area (Å²) in [5.74, 6) is -0.806. The molecule has 0 saturated carbocycles. The third-order valence-electron chi connectivity index (χ3n) is 3.24. The van der Waals surface area contributed by atoms with Gasteiger partial charge in [-0.1, -0.05) is 48.0 Å². The quantitative estimate of drug-likeness (QED) is 0.886. The van der Waals surface area contributed by atoms with Gasteiger partial charge < -0.3 is 5.11 Å². The molecule has 0 heterocycles. The van der Waals surface area contributed by atoms with Crippen LogP contribution in [0.25, 0.3) is 0 Å². The summed E-state index contributed by atoms with van der Waals surface area (Å²) in [4.78, 5) is 13.1. The summed E-state index contributed by atoms with van der Waals surface area (Å²) in [6.07, 6.45) is 0.0567. The molecule has 0 amide bonds. The number of nitrogens with zero attached hydrogens (tertiary/aromatic N) is 1. The van der Waals surface area contributed by atoms with Crippen molar-refractivity contribution < 1.29 is 9.90 Å². The van der Waals surface area contributed by atoms with Gasteiger partial charge in [0.25, 0.3) is 0 Å². The van der Waals surface area contributed by atoms with Crippen LogP contribution >= 0.6 is 11.6 Å². The number of carboxylic acid groups (broad SMARTS) is 1. The first-order chi connectivity index (χ1) is 10.0. The monoisotopic (exact) mass is 303 g/mol. The number of hydrogen-bond donors (Lipinski definition) is 1. The Kier molecular flexibility index (Phi) is 5.37. The lowest BCUT2D eigenvalue weighted by atomic mass is 10.0. The summed E-state index contributed by atoms with van der Waals surface area (Å²) < 4.78 is 0. The number of halogens is 1. The number of hydrogen-bond acceptors (Lipinski definition) is 2. The highest BCUT2D eigenvalue weighted by molar-refractivity contribution is 6.30. The van der Waals surface area contributed by atoms with Crippen molar-refractivity contribution in [1.82, 2.24) is 4.90 Å². The normalized spacial score (nSPS) is 10.8. The molecule has 3 nitrogen and oxygen atoms in total. The summed E-state index contributed by atoms with van der Waals surface area (Å²) in [5.41, 5.74) is 3.05. The molecule has 0 aliphatic heterocycles. The topological polar surface area (TPSA) is 40.5 Å². The van der Waals surface area contributed by atoms with Crippen LogP contribution in [0.2, 0.25) is 5.02 Å². The predicted octanol–water partition coefficient (Wildman–Crippen LogP) is 3.60. The Labute approximate surface area is 129 Å². The Morgan fingerprint density at radius 2 is 1.81 bits per heavy atom. The molecule has 21 heavy (non-hydrogen) atoms. The molecule has 0 atom stereocenters. The van der Waals surface area contributed by atoms with Crippen LogP contribution in [0.15, 0.2) is 48.5 Å². The second kappa shape index (κ2) is 7.25. The summed E-state index contributed by atoms with van der Waals surface area (Å²) >= 11 is 5.99. The molecule has 0 aromatic heterocycles. The summed E-state index contributed by atoms with van der Waals surface area (Å²) in [7, 11) is 2.01. The van der Waals surface area contributed by atoms with E-state index in [9.17, 15) is 4.79 Å². The Morgan fingerprint density at radius 3 is 2.48 bits per heavy atom. The summed E-state index contributed by atoms with van der Waals surface area (Å²) in [5, 5.41) is 9.69. The highest BCUT2D eigenvalue weighted by atomic mass is 35.5. The summed E-state index contributed by atoms with van der Waals surface area (Å²) in [6.45, 7) is 1.47. The van der Waals surface area contributed by atoms with Gasteiger partial charge in [-0.2, -0.15) is 0 Å². The van der Waals surface area contributed by atoms with E-state index >= 15 is 0 Å². The number of rotatable bonds is 6. The lowest BCUT2D eigenvalue weighted by molar-refractivity contribution is -0.136. The number of aliphatic carboxylic acids is 1. The third kappa shape index (κ3) is 4.88. The van der Waals surface area contributed by atoms with E-state index in [4.69, 9.17) is 16.7 Å². The number of benzene rings is 2. The van der Waals surface area contributed by atoms with E-state index < -0.39 is 5.97 Å². The van der Waals surface area contributed by atoms with Gasteiger partial charge in [0.2, 0.25) is 0 Å². The van der Waals surface area contributed by atoms with Gasteiger partial charge in [-0.05, 0) is 35.9 Å². The van der Waals surface area contributed by atoms with Gasteiger partial charge in [0.1, 0.15) is 0 Å². The van der Waals surface area contributed by atoms with Crippen molar-refractivity contribution >= 4 is 17.6 Å². The third-order valence-corrected chi connectivity index (χ3v) is 3.48. The zero-order valence-corrected chi connectivity index (χ0v) is 12.7. The fourth-order valence-electron chi connectivity index (χ4n) is 2.34. The molecular formula is C17H18ClNO2. The maximum absolute atomic E-state index is 10.9. The first kappa shape index (κ1) is 15.5. The molecule has 110 valence electrons. The zero-order chi connectivity index (χ0) is 15.2. The molecule has 2 rings (SSSR count). The van der Waals surface area contributed by atoms with Crippen LogP contribution in [0.3, 0.4) is 0 Å². The average Bonchev–Trinajstić information content (AvgIpc) is 2.40. The first-order valence-electron chi connectivity index (χ1n) is 6.76. The summed E-state index contributed by atoms with van der Waals surface area (Å²) in [6, 6.07) is 15.4. The molecule has 0 spiro atoms. The van der Waals surface area contributed by atoms with Crippen LogP contribution in [0.4, 0.5) is 0 Å². The van der Waals surface area contributed by atoms with E-state index in [1.807, 2.05) is 55.6 Å². The molecule has 2 aromatic carbocycles. The van der Waals surface area contributed by atoms with Gasteiger partial charge in [0, 0.05) is 18.1 Å². The number of carboxylic acids is 1. The molecule has 0 radical (unpaired) electrons. The predicted molar refractivity (Wildman–Crippen MR) is 84.4 cm³/mol. The fraction of sp³-hybridized carbons (Fsp3) is 0.235. The zero-order valence-electron chi connectivity index (χ0n) is 11.9. The van der Waals surface area contributed by atoms with Crippen LogP contribution in [-0.2, 0) is 24.3 Å². The van der Waals surface area contributed by atoms with Crippen molar-refractivity contribution in [2.24, 2.45) is 0 Å². The standard InChI is InChI=1S/C17H18ClNO2/c1-19(11-13-5-4-8-16(18)9-13)12-15-7-3-2-6-14(15)10-17(20)21/h2-9H,10-12H2,1H3,(H,20,21). The van der Waals surface area contributed by atoms with Crippen molar-refractivity contribution in [1.29, 1.82) is 0 Å². The molecule has 0 saturated heterocycles. The van der Waals surface area contributed by atoms with Crippen LogP contribution in [0.1, 0.15) is 16.7 Å². The van der Waals surface area contributed by atoms with Crippen molar-refractivity contribution in [2.75, 3.05) is 7.05 Å². The Morgan fingerprint density at radius 1 is 1.10 bits per heavy atom. The van der Waals surface area contributed by atoms with Crippen LogP contribution in [0, 0.1) is 0 Å². The maximum Gasteiger partial charge on any atom is 0.307 e. The first-order valence-corrected chi connectivity index (χ1v) is 7.14. The molecular weight excluding hydrogens is 286 g/mol. The Balaban J connectivity index is 2.05. The molecule has 4 heteroatoms. The highest BCUT2D eigenvalue weighted by Crippen LogP contribution is 2.16. The molecule has 0 unspecified atom stereocenters. The maximum atomic E-state index is 10.9. The minimum absolute atomic E-state index is 0.0567. The van der Waals surface area contributed by atoms with Crippen molar-refractivity contribution in [3.8, 4) is 0 Å². The van der Waals surface area contributed by atoms with Gasteiger partial charge >= 0.3 is 5.97 Å². The lowest BCUT2D eigenvalue weighted by Gasteiger charge is -2.18. The van der Waals surface area contributed by atoms with E-state index in [1.165, 1.54) is 0 Å². The Hall–Kier alpha value is -1.84. The molecule has 1 N–H and O–H groups in total. The van der Waals surface area contributed by atoms with Crippen LogP contribution in [-0.4, -0.2) is 23.0 Å². The van der Waals surface area contributed by atoms with Gasteiger partial charge in [-0.3, -0.25) is 9.69 Å². The largest absolute Gasteiger partial charge is 0.481 e. The highest BCUT2D eigenvalue weighted by Gasteiger charge is 2.09. The van der Waals surface area contributed by atoms with E-state index in [2.05, 4.69) is 4.90 Å². The van der Waals surface area contributed by atoms with Crippen molar-refractivity contribution in [2.45, 2.75) is 19.5 Å². The SMILES string of the molecule is CN(Cc1cccc(Cl)c1)Cc1ccccc1CC(=O)O. The lowest BCUT2D eigenvalue weighted by Crippen LogP contribution is -2.18.